The van der Waals surface area contributed by atoms with Gasteiger partial charge in [0.1, 0.15) is 0 Å². The van der Waals surface area contributed by atoms with Crippen molar-refractivity contribution in [2.24, 2.45) is 5.92 Å². The van der Waals surface area contributed by atoms with Crippen molar-refractivity contribution >= 4 is 5.69 Å². The molecule has 0 aliphatic carbocycles. The third-order valence-electron chi connectivity index (χ3n) is 3.15. The van der Waals surface area contributed by atoms with E-state index in [-0.39, 0.29) is 16.7 Å². The summed E-state index contributed by atoms with van der Waals surface area (Å²) in [6.07, 6.45) is 1.97. The summed E-state index contributed by atoms with van der Waals surface area (Å²) < 4.78 is 5.55. The number of nitro benzene ring substituents is 1. The lowest BCUT2D eigenvalue weighted by Crippen LogP contribution is -2.26. The van der Waals surface area contributed by atoms with Gasteiger partial charge in [-0.3, -0.25) is 10.1 Å². The molecule has 1 N–H and O–H groups in total. The normalized spacial score (nSPS) is 12.6. The van der Waals surface area contributed by atoms with E-state index in [2.05, 4.69) is 26.1 Å². The van der Waals surface area contributed by atoms with E-state index in [4.69, 9.17) is 4.74 Å². The quantitative estimate of drug-likeness (QED) is 0.406. The van der Waals surface area contributed by atoms with E-state index < -0.39 is 0 Å². The zero-order chi connectivity index (χ0) is 15.7. The highest BCUT2D eigenvalue weighted by Gasteiger charge is 2.13. The molecule has 118 valence electrons. The molecule has 0 fully saturated rings. The summed E-state index contributed by atoms with van der Waals surface area (Å²) in [6, 6.07) is 7.00. The van der Waals surface area contributed by atoms with Gasteiger partial charge in [-0.25, -0.2) is 0 Å². The minimum atomic E-state index is -0.349. The molecule has 1 aromatic carbocycles. The van der Waals surface area contributed by atoms with Crippen molar-refractivity contribution < 1.29 is 9.66 Å². The molecule has 1 aromatic rings. The molecule has 0 bridgehead atoms. The number of nitrogens with one attached hydrogen (secondary N) is 1. The molecule has 5 nitrogen and oxygen atoms in total. The molecule has 0 radical (unpaired) electrons. The van der Waals surface area contributed by atoms with Crippen LogP contribution in [-0.4, -0.2) is 24.7 Å². The first-order chi connectivity index (χ1) is 10.0. The lowest BCUT2D eigenvalue weighted by molar-refractivity contribution is -0.384. The second-order valence-corrected chi connectivity index (χ2v) is 5.62. The summed E-state index contributed by atoms with van der Waals surface area (Å²) in [5.74, 6) is 0.535. The molecule has 21 heavy (non-hydrogen) atoms. The summed E-state index contributed by atoms with van der Waals surface area (Å²) in [4.78, 5) is 10.5. The molecule has 0 amide bonds. The monoisotopic (exact) mass is 294 g/mol. The Bertz CT molecular complexity index is 435. The van der Waals surface area contributed by atoms with Crippen LogP contribution in [0.2, 0.25) is 0 Å². The fourth-order valence-corrected chi connectivity index (χ4v) is 2.15. The number of nitro groups is 1. The van der Waals surface area contributed by atoms with E-state index in [9.17, 15) is 10.1 Å². The minimum Gasteiger partial charge on any atom is -0.380 e. The Morgan fingerprint density at radius 1 is 1.38 bits per heavy atom. The number of ether oxygens (including phenoxy) is 1. The van der Waals surface area contributed by atoms with Gasteiger partial charge in [0.2, 0.25) is 0 Å². The van der Waals surface area contributed by atoms with Crippen LogP contribution in [0.3, 0.4) is 0 Å². The highest BCUT2D eigenvalue weighted by atomic mass is 16.6. The van der Waals surface area contributed by atoms with E-state index in [0.717, 1.165) is 31.6 Å². The Labute approximate surface area is 126 Å². The molecule has 0 aromatic heterocycles. The van der Waals surface area contributed by atoms with Gasteiger partial charge in [-0.05, 0) is 17.9 Å². The first kappa shape index (κ1) is 17.6. The summed E-state index contributed by atoms with van der Waals surface area (Å²) in [5, 5.41) is 14.3. The van der Waals surface area contributed by atoms with E-state index >= 15 is 0 Å². The highest BCUT2D eigenvalue weighted by molar-refractivity contribution is 5.35. The van der Waals surface area contributed by atoms with E-state index in [1.165, 1.54) is 6.07 Å². The maximum atomic E-state index is 10.9. The second kappa shape index (κ2) is 9.47. The maximum absolute atomic E-state index is 10.9. The predicted octanol–water partition coefficient (Wildman–Crippen LogP) is 3.70. The fourth-order valence-electron chi connectivity index (χ4n) is 2.15. The molecule has 0 aliphatic rings. The predicted molar refractivity (Wildman–Crippen MR) is 84.4 cm³/mol. The highest BCUT2D eigenvalue weighted by Crippen LogP contribution is 2.22. The van der Waals surface area contributed by atoms with Crippen LogP contribution in [0.1, 0.15) is 45.2 Å². The van der Waals surface area contributed by atoms with Gasteiger partial charge in [0.05, 0.1) is 11.5 Å². The second-order valence-electron chi connectivity index (χ2n) is 5.62. The number of benzene rings is 1. The van der Waals surface area contributed by atoms with Gasteiger partial charge in [0.25, 0.3) is 5.69 Å². The molecule has 0 spiro atoms. The van der Waals surface area contributed by atoms with Gasteiger partial charge in [0.15, 0.2) is 0 Å². The zero-order valence-corrected chi connectivity index (χ0v) is 13.2. The van der Waals surface area contributed by atoms with Crippen LogP contribution in [0.15, 0.2) is 24.3 Å². The third kappa shape index (κ3) is 6.69. The van der Waals surface area contributed by atoms with Crippen LogP contribution >= 0.6 is 0 Å². The van der Waals surface area contributed by atoms with Gasteiger partial charge in [-0.1, -0.05) is 39.3 Å². The van der Waals surface area contributed by atoms with Crippen molar-refractivity contribution in [2.45, 2.75) is 39.7 Å². The molecule has 1 unspecified atom stereocenters. The average molecular weight is 294 g/mol. The number of non-ortho nitro benzene ring substituents is 1. The van der Waals surface area contributed by atoms with E-state index in [1.54, 1.807) is 12.1 Å². The Morgan fingerprint density at radius 3 is 2.76 bits per heavy atom. The molecule has 0 saturated heterocycles. The molecular weight excluding hydrogens is 268 g/mol. The van der Waals surface area contributed by atoms with Crippen molar-refractivity contribution in [3.8, 4) is 0 Å². The Hall–Kier alpha value is -1.46. The molecule has 1 rings (SSSR count). The van der Waals surface area contributed by atoms with E-state index in [1.807, 2.05) is 6.07 Å². The summed E-state index contributed by atoms with van der Waals surface area (Å²) in [6.45, 7) is 8.53. The number of rotatable bonds is 10. The van der Waals surface area contributed by atoms with Gasteiger partial charge in [-0.15, -0.1) is 0 Å². The molecule has 0 heterocycles. The molecule has 0 saturated carbocycles. The van der Waals surface area contributed by atoms with Crippen molar-refractivity contribution in [1.82, 2.24) is 5.32 Å². The fraction of sp³-hybridized carbons (Fsp3) is 0.625. The zero-order valence-electron chi connectivity index (χ0n) is 13.2. The van der Waals surface area contributed by atoms with Crippen molar-refractivity contribution in [3.63, 3.8) is 0 Å². The third-order valence-corrected chi connectivity index (χ3v) is 3.15. The Balaban J connectivity index is 2.56. The first-order valence-electron chi connectivity index (χ1n) is 7.60. The van der Waals surface area contributed by atoms with Gasteiger partial charge in [-0.2, -0.15) is 0 Å². The summed E-state index contributed by atoms with van der Waals surface area (Å²) >= 11 is 0. The standard InChI is InChI=1S/C16H26N2O3/c1-4-6-16(17-9-10-21-12-13(2)3)14-7-5-8-15(11-14)18(19)20/h5,7-8,11,13,16-17H,4,6,9-10,12H2,1-3H3. The lowest BCUT2D eigenvalue weighted by Gasteiger charge is -2.18. The van der Waals surface area contributed by atoms with E-state index in [0.29, 0.717) is 12.5 Å². The van der Waals surface area contributed by atoms with Crippen molar-refractivity contribution in [2.75, 3.05) is 19.8 Å². The first-order valence-corrected chi connectivity index (χ1v) is 7.60. The average Bonchev–Trinajstić information content (AvgIpc) is 2.45. The van der Waals surface area contributed by atoms with Crippen LogP contribution in [0.25, 0.3) is 0 Å². The van der Waals surface area contributed by atoms with Crippen molar-refractivity contribution in [3.05, 3.63) is 39.9 Å². The maximum Gasteiger partial charge on any atom is 0.269 e. The molecular formula is C16H26N2O3. The van der Waals surface area contributed by atoms with Crippen LogP contribution in [0, 0.1) is 16.0 Å². The van der Waals surface area contributed by atoms with Crippen LogP contribution in [0.5, 0.6) is 0 Å². The van der Waals surface area contributed by atoms with Crippen LogP contribution < -0.4 is 5.32 Å². The van der Waals surface area contributed by atoms with Gasteiger partial charge in [0, 0.05) is 31.3 Å². The number of hydrogen-bond acceptors (Lipinski definition) is 4. The number of hydrogen-bond donors (Lipinski definition) is 1. The molecule has 5 heteroatoms. The minimum absolute atomic E-state index is 0.137. The number of nitrogens with zero attached hydrogens (tertiary/aromatic N) is 1. The van der Waals surface area contributed by atoms with Crippen LogP contribution in [-0.2, 0) is 4.74 Å². The van der Waals surface area contributed by atoms with Crippen LogP contribution in [0.4, 0.5) is 5.69 Å². The smallest absolute Gasteiger partial charge is 0.269 e. The molecule has 1 atom stereocenters. The summed E-state index contributed by atoms with van der Waals surface area (Å²) in [5.41, 5.74) is 1.11. The largest absolute Gasteiger partial charge is 0.380 e. The topological polar surface area (TPSA) is 64.4 Å². The molecule has 0 aliphatic heterocycles. The summed E-state index contributed by atoms with van der Waals surface area (Å²) in [7, 11) is 0. The van der Waals surface area contributed by atoms with Crippen molar-refractivity contribution in [1.29, 1.82) is 0 Å². The Kier molecular flexibility index (Phi) is 7.93. The lowest BCUT2D eigenvalue weighted by atomic mass is 10.0. The van der Waals surface area contributed by atoms with Gasteiger partial charge >= 0.3 is 0 Å². The SMILES string of the molecule is CCCC(NCCOCC(C)C)c1cccc([N+](=O)[O-])c1. The Morgan fingerprint density at radius 2 is 2.14 bits per heavy atom. The van der Waals surface area contributed by atoms with Gasteiger partial charge < -0.3 is 10.1 Å².